The van der Waals surface area contributed by atoms with Crippen molar-refractivity contribution in [1.29, 1.82) is 0 Å². The van der Waals surface area contributed by atoms with E-state index in [4.69, 9.17) is 4.84 Å². The van der Waals surface area contributed by atoms with Crippen LogP contribution < -0.4 is 5.32 Å². The van der Waals surface area contributed by atoms with Crippen molar-refractivity contribution in [2.75, 3.05) is 20.7 Å². The first-order valence-corrected chi connectivity index (χ1v) is 12.4. The molecule has 0 spiro atoms. The quantitative estimate of drug-likeness (QED) is 0.564. The highest BCUT2D eigenvalue weighted by Crippen LogP contribution is 2.55. The Kier molecular flexibility index (Phi) is 5.56. The number of carbonyl (C=O) groups excluding carboxylic acids is 1. The lowest BCUT2D eigenvalue weighted by Gasteiger charge is -2.45. The number of hydrogen-bond acceptors (Lipinski definition) is 4. The molecule has 7 heteroatoms. The number of hydroxylamine groups is 1. The van der Waals surface area contributed by atoms with E-state index in [0.717, 1.165) is 10.9 Å². The molecular formula is C26H26N2O4S. The number of nitrogens with one attached hydrogen (secondary N) is 1. The zero-order valence-electron chi connectivity index (χ0n) is 18.6. The lowest BCUT2D eigenvalue weighted by atomic mass is 9.59. The average Bonchev–Trinajstić information content (AvgIpc) is 2.87. The lowest BCUT2D eigenvalue weighted by Crippen LogP contribution is -2.39. The van der Waals surface area contributed by atoms with E-state index in [1.807, 2.05) is 0 Å². The summed E-state index contributed by atoms with van der Waals surface area (Å²) in [7, 11) is -1.13. The van der Waals surface area contributed by atoms with E-state index in [1.54, 1.807) is 0 Å². The van der Waals surface area contributed by atoms with Gasteiger partial charge in [0.25, 0.3) is 15.9 Å². The number of carbonyl (C=O) groups is 1. The SMILES string of the molecule is CON(C)S(=O)(=O)c1ccc(C(=O)NCC2CC3c4ccccc4C2c2ccccc23)cc1. The maximum atomic E-state index is 12.8. The third-order valence-electron chi connectivity index (χ3n) is 6.96. The van der Waals surface area contributed by atoms with Crippen LogP contribution in [0.25, 0.3) is 0 Å². The van der Waals surface area contributed by atoms with E-state index in [2.05, 4.69) is 53.8 Å². The minimum Gasteiger partial charge on any atom is -0.352 e. The second-order valence-corrected chi connectivity index (χ2v) is 10.6. The topological polar surface area (TPSA) is 75.7 Å². The third-order valence-corrected chi connectivity index (χ3v) is 8.65. The van der Waals surface area contributed by atoms with Gasteiger partial charge in [-0.25, -0.2) is 8.42 Å². The standard InChI is InChI=1S/C26H26N2O4S/c1-28(32-2)33(30,31)19-13-11-17(12-14-19)26(29)27-16-18-15-24-20-7-3-5-9-22(20)25(18)23-10-6-4-8-21(23)24/h3-14,18,24-25H,15-16H2,1-2H3,(H,27,29). The van der Waals surface area contributed by atoms with Crippen LogP contribution in [0.3, 0.4) is 0 Å². The molecule has 0 aliphatic heterocycles. The molecule has 0 saturated heterocycles. The molecule has 0 aromatic heterocycles. The zero-order chi connectivity index (χ0) is 23.2. The van der Waals surface area contributed by atoms with Crippen LogP contribution in [0.2, 0.25) is 0 Å². The number of hydrogen-bond donors (Lipinski definition) is 1. The fourth-order valence-electron chi connectivity index (χ4n) is 5.31. The van der Waals surface area contributed by atoms with E-state index in [9.17, 15) is 13.2 Å². The zero-order valence-corrected chi connectivity index (χ0v) is 19.4. The largest absolute Gasteiger partial charge is 0.352 e. The summed E-state index contributed by atoms with van der Waals surface area (Å²) in [6.07, 6.45) is 1.000. The van der Waals surface area contributed by atoms with Crippen LogP contribution in [0.15, 0.2) is 77.7 Å². The number of fused-ring (bicyclic) bond motifs is 1. The number of benzene rings is 3. The lowest BCUT2D eigenvalue weighted by molar-refractivity contribution is -0.0258. The van der Waals surface area contributed by atoms with Gasteiger partial charge in [0.2, 0.25) is 0 Å². The van der Waals surface area contributed by atoms with Crippen molar-refractivity contribution in [3.05, 3.63) is 101 Å². The molecule has 0 heterocycles. The van der Waals surface area contributed by atoms with E-state index in [0.29, 0.717) is 23.9 Å². The maximum absolute atomic E-state index is 12.8. The first-order chi connectivity index (χ1) is 15.9. The van der Waals surface area contributed by atoms with Crippen LogP contribution in [0, 0.1) is 5.92 Å². The van der Waals surface area contributed by atoms with Crippen molar-refractivity contribution in [2.45, 2.75) is 23.2 Å². The van der Waals surface area contributed by atoms with Crippen LogP contribution in [0.4, 0.5) is 0 Å². The van der Waals surface area contributed by atoms with Gasteiger partial charge in [0, 0.05) is 31.0 Å². The highest BCUT2D eigenvalue weighted by molar-refractivity contribution is 7.89. The monoisotopic (exact) mass is 462 g/mol. The summed E-state index contributed by atoms with van der Waals surface area (Å²) in [6, 6.07) is 23.2. The molecule has 3 aliphatic carbocycles. The molecule has 2 bridgehead atoms. The normalized spacial score (nSPS) is 20.9. The predicted molar refractivity (Wildman–Crippen MR) is 125 cm³/mol. The second kappa shape index (κ2) is 8.41. The van der Waals surface area contributed by atoms with Gasteiger partial charge >= 0.3 is 0 Å². The molecule has 1 amide bonds. The molecule has 0 saturated carbocycles. The van der Waals surface area contributed by atoms with Gasteiger partial charge in [0.05, 0.1) is 12.0 Å². The number of nitrogens with zero attached hydrogens (tertiary/aromatic N) is 1. The van der Waals surface area contributed by atoms with Crippen LogP contribution in [0.1, 0.15) is 50.9 Å². The van der Waals surface area contributed by atoms with E-state index in [1.165, 1.54) is 60.7 Å². The fraction of sp³-hybridized carbons (Fsp3) is 0.269. The highest BCUT2D eigenvalue weighted by Gasteiger charge is 2.42. The van der Waals surface area contributed by atoms with Gasteiger partial charge in [0.15, 0.2) is 0 Å². The molecule has 0 radical (unpaired) electrons. The summed E-state index contributed by atoms with van der Waals surface area (Å²) in [5.74, 6) is 0.715. The van der Waals surface area contributed by atoms with E-state index in [-0.39, 0.29) is 16.7 Å². The fourth-order valence-corrected chi connectivity index (χ4v) is 6.28. The Morgan fingerprint density at radius 1 is 0.939 bits per heavy atom. The van der Waals surface area contributed by atoms with Crippen molar-refractivity contribution in [3.8, 4) is 0 Å². The molecule has 3 aromatic rings. The van der Waals surface area contributed by atoms with Gasteiger partial charge < -0.3 is 5.32 Å². The molecule has 1 unspecified atom stereocenters. The smallest absolute Gasteiger partial charge is 0.264 e. The van der Waals surface area contributed by atoms with Crippen molar-refractivity contribution < 1.29 is 18.0 Å². The number of sulfonamides is 1. The molecule has 33 heavy (non-hydrogen) atoms. The van der Waals surface area contributed by atoms with E-state index < -0.39 is 10.0 Å². The Labute approximate surface area is 194 Å². The first kappa shape index (κ1) is 21.8. The summed E-state index contributed by atoms with van der Waals surface area (Å²) in [4.78, 5) is 17.7. The van der Waals surface area contributed by atoms with Crippen molar-refractivity contribution in [3.63, 3.8) is 0 Å². The van der Waals surface area contributed by atoms with Gasteiger partial charge in [-0.1, -0.05) is 53.0 Å². The molecule has 1 N–H and O–H groups in total. The van der Waals surface area contributed by atoms with Crippen LogP contribution >= 0.6 is 0 Å². The summed E-state index contributed by atoms with van der Waals surface area (Å²) in [5.41, 5.74) is 5.96. The molecule has 3 aliphatic rings. The minimum atomic E-state index is -3.74. The van der Waals surface area contributed by atoms with Crippen LogP contribution in [0.5, 0.6) is 0 Å². The number of amides is 1. The Balaban J connectivity index is 1.33. The molecule has 0 fully saturated rings. The van der Waals surface area contributed by atoms with Crippen LogP contribution in [-0.4, -0.2) is 39.5 Å². The molecule has 170 valence electrons. The van der Waals surface area contributed by atoms with Gasteiger partial charge in [-0.3, -0.25) is 9.63 Å². The summed E-state index contributed by atoms with van der Waals surface area (Å²) in [6.45, 7) is 0.565. The molecule has 6 nitrogen and oxygen atoms in total. The Hall–Kier alpha value is -3.00. The summed E-state index contributed by atoms with van der Waals surface area (Å²) >= 11 is 0. The molecule has 3 aromatic carbocycles. The molecular weight excluding hydrogens is 436 g/mol. The van der Waals surface area contributed by atoms with Crippen molar-refractivity contribution >= 4 is 15.9 Å². The predicted octanol–water partition coefficient (Wildman–Crippen LogP) is 3.90. The Bertz CT molecular complexity index is 1260. The second-order valence-electron chi connectivity index (χ2n) is 8.62. The first-order valence-electron chi connectivity index (χ1n) is 11.0. The Morgan fingerprint density at radius 3 is 2.03 bits per heavy atom. The maximum Gasteiger partial charge on any atom is 0.264 e. The minimum absolute atomic E-state index is 0.0706. The van der Waals surface area contributed by atoms with Gasteiger partial charge in [-0.15, -0.1) is 0 Å². The van der Waals surface area contributed by atoms with Crippen LogP contribution in [-0.2, 0) is 14.9 Å². The number of rotatable bonds is 6. The highest BCUT2D eigenvalue weighted by atomic mass is 32.2. The van der Waals surface area contributed by atoms with Crippen molar-refractivity contribution in [1.82, 2.24) is 9.79 Å². The molecule has 1 atom stereocenters. The van der Waals surface area contributed by atoms with Gasteiger partial charge in [-0.05, 0) is 58.9 Å². The third kappa shape index (κ3) is 3.66. The summed E-state index contributed by atoms with van der Waals surface area (Å²) in [5, 5.41) is 3.08. The van der Waals surface area contributed by atoms with E-state index >= 15 is 0 Å². The van der Waals surface area contributed by atoms with Gasteiger partial charge in [0.1, 0.15) is 0 Å². The average molecular weight is 463 g/mol. The van der Waals surface area contributed by atoms with Gasteiger partial charge in [-0.2, -0.15) is 0 Å². The summed E-state index contributed by atoms with van der Waals surface area (Å²) < 4.78 is 25.5. The van der Waals surface area contributed by atoms with Crippen molar-refractivity contribution in [2.24, 2.45) is 5.92 Å². The Morgan fingerprint density at radius 2 is 1.48 bits per heavy atom. The molecule has 6 rings (SSSR count).